The van der Waals surface area contributed by atoms with E-state index in [2.05, 4.69) is 39.9 Å². The van der Waals surface area contributed by atoms with E-state index >= 15 is 0 Å². The van der Waals surface area contributed by atoms with E-state index in [-0.39, 0.29) is 6.04 Å². The zero-order valence-corrected chi connectivity index (χ0v) is 17.7. The lowest BCUT2D eigenvalue weighted by Crippen LogP contribution is -2.44. The van der Waals surface area contributed by atoms with Crippen molar-refractivity contribution in [2.24, 2.45) is 7.05 Å². The predicted molar refractivity (Wildman–Crippen MR) is 116 cm³/mol. The Labute approximate surface area is 174 Å². The van der Waals surface area contributed by atoms with Gasteiger partial charge in [0.15, 0.2) is 5.82 Å². The molecule has 0 amide bonds. The van der Waals surface area contributed by atoms with E-state index < -0.39 is 0 Å². The number of H-pyrrole nitrogens is 1. The average molecular weight is 403 g/mol. The Morgan fingerprint density at radius 1 is 1.20 bits per heavy atom. The molecule has 4 aromatic heterocycles. The first-order chi connectivity index (χ1) is 14.5. The minimum Gasteiger partial charge on any atom is -0.377 e. The van der Waals surface area contributed by atoms with Gasteiger partial charge in [0.2, 0.25) is 0 Å². The lowest BCUT2D eigenvalue weighted by molar-refractivity contribution is 0.0985. The Morgan fingerprint density at radius 2 is 2.07 bits per heavy atom. The quantitative estimate of drug-likeness (QED) is 0.565. The topological polar surface area (TPSA) is 84.8 Å². The van der Waals surface area contributed by atoms with Crippen LogP contribution in [-0.4, -0.2) is 55.5 Å². The van der Waals surface area contributed by atoms with Crippen LogP contribution in [0, 0.1) is 13.8 Å². The van der Waals surface area contributed by atoms with E-state index in [1.165, 1.54) is 0 Å². The van der Waals surface area contributed by atoms with Crippen molar-refractivity contribution in [3.8, 4) is 22.6 Å². The van der Waals surface area contributed by atoms with Crippen LogP contribution < -0.4 is 4.90 Å². The molecule has 0 aromatic carbocycles. The summed E-state index contributed by atoms with van der Waals surface area (Å²) in [6.07, 6.45) is 3.69. The Kier molecular flexibility index (Phi) is 4.51. The van der Waals surface area contributed by atoms with E-state index in [1.54, 1.807) is 6.20 Å². The molecule has 5 heterocycles. The highest BCUT2D eigenvalue weighted by atomic mass is 16.5. The third-order valence-electron chi connectivity index (χ3n) is 5.84. The largest absolute Gasteiger partial charge is 0.377 e. The smallest absolute Gasteiger partial charge is 0.162 e. The fourth-order valence-corrected chi connectivity index (χ4v) is 4.20. The summed E-state index contributed by atoms with van der Waals surface area (Å²) in [6, 6.07) is 6.32. The number of hydrogen-bond acceptors (Lipinski definition) is 6. The van der Waals surface area contributed by atoms with E-state index in [0.29, 0.717) is 19.0 Å². The molecular formula is C22H25N7O. The number of aromatic amines is 1. The molecular weight excluding hydrogens is 378 g/mol. The van der Waals surface area contributed by atoms with Crippen molar-refractivity contribution in [1.29, 1.82) is 0 Å². The molecule has 0 bridgehead atoms. The van der Waals surface area contributed by atoms with Gasteiger partial charge in [0.25, 0.3) is 0 Å². The van der Waals surface area contributed by atoms with E-state index in [1.807, 2.05) is 37.0 Å². The molecule has 0 unspecified atom stereocenters. The number of ether oxygens (including phenoxy) is 1. The first-order valence-electron chi connectivity index (χ1n) is 10.2. The molecule has 5 rings (SSSR count). The summed E-state index contributed by atoms with van der Waals surface area (Å²) in [6.45, 7) is 8.46. The Hall–Kier alpha value is -3.26. The Balaban J connectivity index is 1.74. The van der Waals surface area contributed by atoms with Crippen molar-refractivity contribution in [3.63, 3.8) is 0 Å². The summed E-state index contributed by atoms with van der Waals surface area (Å²) in [5, 5.41) is 5.61. The first-order valence-corrected chi connectivity index (χ1v) is 10.2. The molecule has 8 heteroatoms. The Morgan fingerprint density at radius 3 is 2.83 bits per heavy atom. The predicted octanol–water partition coefficient (Wildman–Crippen LogP) is 3.26. The standard InChI is InChI=1S/C22H25N7O/c1-13-12-30-10-9-29(13)19-11-18(20-14(2)27-28(4)15(20)3)25-22(26-19)17-6-8-24-21-16(17)5-7-23-21/h5-8,11,13H,9-10,12H2,1-4H3,(H,23,24)/t13-/m1/s1. The van der Waals surface area contributed by atoms with E-state index in [0.717, 1.165) is 51.6 Å². The molecule has 0 spiro atoms. The van der Waals surface area contributed by atoms with Crippen molar-refractivity contribution < 1.29 is 4.74 Å². The molecule has 154 valence electrons. The zero-order chi connectivity index (χ0) is 20.8. The van der Waals surface area contributed by atoms with Gasteiger partial charge in [-0.1, -0.05) is 0 Å². The maximum Gasteiger partial charge on any atom is 0.162 e. The highest BCUT2D eigenvalue weighted by Crippen LogP contribution is 2.32. The van der Waals surface area contributed by atoms with Gasteiger partial charge in [0.1, 0.15) is 11.5 Å². The molecule has 1 N–H and O–H groups in total. The number of morpholine rings is 1. The summed E-state index contributed by atoms with van der Waals surface area (Å²) in [7, 11) is 1.96. The van der Waals surface area contributed by atoms with Gasteiger partial charge in [-0.2, -0.15) is 5.10 Å². The van der Waals surface area contributed by atoms with Crippen molar-refractivity contribution in [1.82, 2.24) is 29.7 Å². The maximum absolute atomic E-state index is 5.64. The minimum absolute atomic E-state index is 0.246. The van der Waals surface area contributed by atoms with Crippen molar-refractivity contribution in [2.45, 2.75) is 26.8 Å². The van der Waals surface area contributed by atoms with Crippen LogP contribution in [0.5, 0.6) is 0 Å². The van der Waals surface area contributed by atoms with Gasteiger partial charge >= 0.3 is 0 Å². The fourth-order valence-electron chi connectivity index (χ4n) is 4.20. The average Bonchev–Trinajstić information content (AvgIpc) is 3.32. The van der Waals surface area contributed by atoms with Gasteiger partial charge in [0.05, 0.1) is 30.6 Å². The van der Waals surface area contributed by atoms with Crippen molar-refractivity contribution in [2.75, 3.05) is 24.7 Å². The molecule has 0 radical (unpaired) electrons. The molecule has 1 saturated heterocycles. The second-order valence-electron chi connectivity index (χ2n) is 7.82. The SMILES string of the molecule is Cc1nn(C)c(C)c1-c1cc(N2CCOC[C@H]2C)nc(-c2ccnc3[nH]ccc23)n1. The van der Waals surface area contributed by atoms with E-state index in [9.17, 15) is 0 Å². The van der Waals surface area contributed by atoms with Crippen LogP contribution in [-0.2, 0) is 11.8 Å². The van der Waals surface area contributed by atoms with Gasteiger partial charge in [0, 0.05) is 54.3 Å². The maximum atomic E-state index is 5.64. The number of aromatic nitrogens is 6. The summed E-state index contributed by atoms with van der Waals surface area (Å²) in [5.41, 5.74) is 5.78. The van der Waals surface area contributed by atoms with Gasteiger partial charge in [-0.3, -0.25) is 4.68 Å². The molecule has 4 aromatic rings. The van der Waals surface area contributed by atoms with Gasteiger partial charge < -0.3 is 14.6 Å². The number of nitrogens with one attached hydrogen (secondary N) is 1. The Bertz CT molecular complexity index is 1230. The zero-order valence-electron chi connectivity index (χ0n) is 17.7. The summed E-state index contributed by atoms with van der Waals surface area (Å²) >= 11 is 0. The lowest BCUT2D eigenvalue weighted by Gasteiger charge is -2.34. The number of hydrogen-bond donors (Lipinski definition) is 1. The van der Waals surface area contributed by atoms with Crippen LogP contribution in [0.4, 0.5) is 5.82 Å². The van der Waals surface area contributed by atoms with Crippen LogP contribution >= 0.6 is 0 Å². The molecule has 0 aliphatic carbocycles. The molecule has 1 fully saturated rings. The van der Waals surface area contributed by atoms with Crippen LogP contribution in [0.1, 0.15) is 18.3 Å². The second-order valence-corrected chi connectivity index (χ2v) is 7.82. The third kappa shape index (κ3) is 3.04. The molecule has 1 aliphatic heterocycles. The van der Waals surface area contributed by atoms with Gasteiger partial charge in [-0.15, -0.1) is 0 Å². The summed E-state index contributed by atoms with van der Waals surface area (Å²) in [4.78, 5) is 19.9. The molecule has 1 atom stereocenters. The summed E-state index contributed by atoms with van der Waals surface area (Å²) in [5.74, 6) is 1.60. The number of pyridine rings is 1. The normalized spacial score (nSPS) is 17.1. The van der Waals surface area contributed by atoms with Gasteiger partial charge in [-0.05, 0) is 32.9 Å². The number of nitrogens with zero attached hydrogens (tertiary/aromatic N) is 6. The number of rotatable bonds is 3. The van der Waals surface area contributed by atoms with Crippen molar-refractivity contribution in [3.05, 3.63) is 42.0 Å². The monoisotopic (exact) mass is 403 g/mol. The number of fused-ring (bicyclic) bond motifs is 1. The first kappa shape index (κ1) is 18.7. The van der Waals surface area contributed by atoms with Crippen molar-refractivity contribution >= 4 is 16.9 Å². The molecule has 30 heavy (non-hydrogen) atoms. The summed E-state index contributed by atoms with van der Waals surface area (Å²) < 4.78 is 7.54. The second kappa shape index (κ2) is 7.21. The van der Waals surface area contributed by atoms with Crippen LogP contribution in [0.3, 0.4) is 0 Å². The van der Waals surface area contributed by atoms with E-state index in [4.69, 9.17) is 14.7 Å². The minimum atomic E-state index is 0.246. The number of anilines is 1. The van der Waals surface area contributed by atoms with Crippen LogP contribution in [0.25, 0.3) is 33.7 Å². The van der Waals surface area contributed by atoms with Gasteiger partial charge in [-0.25, -0.2) is 15.0 Å². The fraction of sp³-hybridized carbons (Fsp3) is 0.364. The highest BCUT2D eigenvalue weighted by molar-refractivity contribution is 5.91. The number of aryl methyl sites for hydroxylation is 2. The van der Waals surface area contributed by atoms with Crippen LogP contribution in [0.2, 0.25) is 0 Å². The third-order valence-corrected chi connectivity index (χ3v) is 5.84. The lowest BCUT2D eigenvalue weighted by atomic mass is 10.1. The highest BCUT2D eigenvalue weighted by Gasteiger charge is 2.24. The molecule has 8 nitrogen and oxygen atoms in total. The molecule has 1 aliphatic rings. The molecule has 0 saturated carbocycles. The van der Waals surface area contributed by atoms with Crippen LogP contribution in [0.15, 0.2) is 30.6 Å².